The Labute approximate surface area is 128 Å². The van der Waals surface area contributed by atoms with Crippen molar-refractivity contribution in [2.24, 2.45) is 0 Å². The van der Waals surface area contributed by atoms with Crippen molar-refractivity contribution in [3.63, 3.8) is 0 Å². The predicted octanol–water partition coefficient (Wildman–Crippen LogP) is 4.85. The average Bonchev–Trinajstić information content (AvgIpc) is 2.69. The molecule has 1 aliphatic rings. The van der Waals surface area contributed by atoms with Crippen molar-refractivity contribution in [3.05, 3.63) is 54.6 Å². The molecule has 4 heteroatoms. The molecule has 0 saturated heterocycles. The van der Waals surface area contributed by atoms with Gasteiger partial charge < -0.3 is 4.90 Å². The Morgan fingerprint density at radius 1 is 1.22 bits per heavy atom. The van der Waals surface area contributed by atoms with Crippen LogP contribution < -0.4 is 0 Å². The van der Waals surface area contributed by atoms with Crippen LogP contribution in [0.5, 0.6) is 0 Å². The minimum Gasteiger partial charge on any atom is -0.300 e. The summed E-state index contributed by atoms with van der Waals surface area (Å²) in [5.74, 6) is 0.495. The van der Waals surface area contributed by atoms with Gasteiger partial charge in [-0.3, -0.25) is 0 Å². The molecule has 0 saturated carbocycles. The van der Waals surface area contributed by atoms with Crippen LogP contribution >= 0.6 is 43.2 Å². The van der Waals surface area contributed by atoms with Gasteiger partial charge in [0.2, 0.25) is 0 Å². The largest absolute Gasteiger partial charge is 0.300 e. The third kappa shape index (κ3) is 2.44. The fourth-order valence-electron chi connectivity index (χ4n) is 2.53. The first-order valence-electron chi connectivity index (χ1n) is 5.85. The van der Waals surface area contributed by atoms with E-state index in [9.17, 15) is 0 Å². The highest BCUT2D eigenvalue weighted by Crippen LogP contribution is 2.39. The predicted molar refractivity (Wildman–Crippen MR) is 84.3 cm³/mol. The fourth-order valence-corrected chi connectivity index (χ4v) is 4.65. The SMILES string of the molecule is CN1Cc2sc(Br)cc2C(c2ccc(Br)cc2)C1. The first-order chi connectivity index (χ1) is 8.63. The van der Waals surface area contributed by atoms with E-state index in [2.05, 4.69) is 74.1 Å². The van der Waals surface area contributed by atoms with Crippen molar-refractivity contribution in [3.8, 4) is 0 Å². The number of hydrogen-bond donors (Lipinski definition) is 0. The molecule has 0 bridgehead atoms. The molecular weight excluding hydrogens is 374 g/mol. The van der Waals surface area contributed by atoms with Gasteiger partial charge in [-0.2, -0.15) is 0 Å². The molecule has 2 heterocycles. The molecule has 0 aliphatic carbocycles. The number of likely N-dealkylation sites (N-methyl/N-ethyl adjacent to an activating group) is 1. The van der Waals surface area contributed by atoms with Gasteiger partial charge in [0, 0.05) is 28.4 Å². The van der Waals surface area contributed by atoms with E-state index in [1.807, 2.05) is 11.3 Å². The van der Waals surface area contributed by atoms with Gasteiger partial charge in [-0.1, -0.05) is 28.1 Å². The zero-order valence-corrected chi connectivity index (χ0v) is 14.0. The van der Waals surface area contributed by atoms with Crippen molar-refractivity contribution in [2.75, 3.05) is 13.6 Å². The van der Waals surface area contributed by atoms with Crippen LogP contribution in [-0.2, 0) is 6.54 Å². The number of benzene rings is 1. The van der Waals surface area contributed by atoms with E-state index in [-0.39, 0.29) is 0 Å². The molecule has 0 amide bonds. The normalized spacial score (nSPS) is 19.8. The lowest BCUT2D eigenvalue weighted by molar-refractivity contribution is 0.299. The minimum atomic E-state index is 0.495. The maximum atomic E-state index is 3.62. The second kappa shape index (κ2) is 5.08. The molecular formula is C14H13Br2NS. The highest BCUT2D eigenvalue weighted by molar-refractivity contribution is 9.11. The summed E-state index contributed by atoms with van der Waals surface area (Å²) in [5.41, 5.74) is 2.89. The zero-order chi connectivity index (χ0) is 12.7. The molecule has 0 radical (unpaired) electrons. The van der Waals surface area contributed by atoms with Gasteiger partial charge in [0.15, 0.2) is 0 Å². The van der Waals surface area contributed by atoms with Crippen LogP contribution in [0.3, 0.4) is 0 Å². The Bertz CT molecular complexity index is 562. The van der Waals surface area contributed by atoms with Gasteiger partial charge in [0.05, 0.1) is 3.79 Å². The number of halogens is 2. The standard InChI is InChI=1S/C14H13Br2NS/c1-17-7-12(9-2-4-10(15)5-3-9)11-6-14(16)18-13(11)8-17/h2-6,12H,7-8H2,1H3. The number of nitrogens with zero attached hydrogens (tertiary/aromatic N) is 1. The summed E-state index contributed by atoms with van der Waals surface area (Å²) in [7, 11) is 2.20. The Kier molecular flexibility index (Phi) is 3.63. The van der Waals surface area contributed by atoms with Gasteiger partial charge in [0.1, 0.15) is 0 Å². The zero-order valence-electron chi connectivity index (χ0n) is 9.99. The number of fused-ring (bicyclic) bond motifs is 1. The molecule has 1 nitrogen and oxygen atoms in total. The van der Waals surface area contributed by atoms with E-state index < -0.39 is 0 Å². The van der Waals surface area contributed by atoms with Gasteiger partial charge in [-0.15, -0.1) is 11.3 Å². The van der Waals surface area contributed by atoms with Crippen molar-refractivity contribution in [1.82, 2.24) is 4.90 Å². The second-order valence-corrected chi connectivity index (χ2v) is 8.16. The molecule has 1 unspecified atom stereocenters. The summed E-state index contributed by atoms with van der Waals surface area (Å²) >= 11 is 8.98. The van der Waals surface area contributed by atoms with Crippen molar-refractivity contribution >= 4 is 43.2 Å². The summed E-state index contributed by atoms with van der Waals surface area (Å²) in [5, 5.41) is 0. The molecule has 18 heavy (non-hydrogen) atoms. The number of rotatable bonds is 1. The van der Waals surface area contributed by atoms with Crippen LogP contribution in [0, 0.1) is 0 Å². The lowest BCUT2D eigenvalue weighted by Crippen LogP contribution is -2.29. The van der Waals surface area contributed by atoms with Crippen LogP contribution in [0.2, 0.25) is 0 Å². The third-order valence-electron chi connectivity index (χ3n) is 3.37. The van der Waals surface area contributed by atoms with Gasteiger partial charge in [-0.05, 0) is 52.3 Å². The van der Waals surface area contributed by atoms with E-state index in [0.29, 0.717) is 5.92 Å². The Morgan fingerprint density at radius 3 is 2.67 bits per heavy atom. The average molecular weight is 387 g/mol. The Hall–Kier alpha value is -0.160. The smallest absolute Gasteiger partial charge is 0.0704 e. The molecule has 1 atom stereocenters. The Morgan fingerprint density at radius 2 is 1.94 bits per heavy atom. The quantitative estimate of drug-likeness (QED) is 0.677. The van der Waals surface area contributed by atoms with E-state index in [0.717, 1.165) is 17.6 Å². The lowest BCUT2D eigenvalue weighted by Gasteiger charge is -2.30. The molecule has 2 aromatic rings. The van der Waals surface area contributed by atoms with Crippen LogP contribution in [-0.4, -0.2) is 18.5 Å². The van der Waals surface area contributed by atoms with Crippen molar-refractivity contribution in [1.29, 1.82) is 0 Å². The topological polar surface area (TPSA) is 3.24 Å². The summed E-state index contributed by atoms with van der Waals surface area (Å²) in [6.07, 6.45) is 0. The van der Waals surface area contributed by atoms with E-state index in [4.69, 9.17) is 0 Å². The first-order valence-corrected chi connectivity index (χ1v) is 8.26. The molecule has 94 valence electrons. The summed E-state index contributed by atoms with van der Waals surface area (Å²) in [4.78, 5) is 3.89. The minimum absolute atomic E-state index is 0.495. The van der Waals surface area contributed by atoms with Crippen LogP contribution in [0.15, 0.2) is 38.6 Å². The highest BCUT2D eigenvalue weighted by Gasteiger charge is 2.26. The maximum absolute atomic E-state index is 3.62. The van der Waals surface area contributed by atoms with Gasteiger partial charge >= 0.3 is 0 Å². The van der Waals surface area contributed by atoms with Crippen molar-refractivity contribution in [2.45, 2.75) is 12.5 Å². The second-order valence-electron chi connectivity index (χ2n) is 4.73. The molecule has 0 N–H and O–H groups in total. The van der Waals surface area contributed by atoms with Gasteiger partial charge in [0.25, 0.3) is 0 Å². The van der Waals surface area contributed by atoms with Crippen LogP contribution in [0.4, 0.5) is 0 Å². The van der Waals surface area contributed by atoms with Crippen molar-refractivity contribution < 1.29 is 0 Å². The van der Waals surface area contributed by atoms with Crippen LogP contribution in [0.1, 0.15) is 21.9 Å². The maximum Gasteiger partial charge on any atom is 0.0704 e. The first kappa shape index (κ1) is 12.9. The molecule has 1 aromatic carbocycles. The van der Waals surface area contributed by atoms with E-state index >= 15 is 0 Å². The summed E-state index contributed by atoms with van der Waals surface area (Å²) in [6.45, 7) is 2.16. The fraction of sp³-hybridized carbons (Fsp3) is 0.286. The monoisotopic (exact) mass is 385 g/mol. The molecule has 1 aromatic heterocycles. The van der Waals surface area contributed by atoms with E-state index in [1.54, 1.807) is 0 Å². The van der Waals surface area contributed by atoms with Gasteiger partial charge in [-0.25, -0.2) is 0 Å². The highest BCUT2D eigenvalue weighted by atomic mass is 79.9. The summed E-state index contributed by atoms with van der Waals surface area (Å²) < 4.78 is 2.38. The number of thiophene rings is 1. The Balaban J connectivity index is 2.04. The third-order valence-corrected chi connectivity index (χ3v) is 5.53. The summed E-state index contributed by atoms with van der Waals surface area (Å²) in [6, 6.07) is 11.0. The lowest BCUT2D eigenvalue weighted by atomic mass is 9.89. The molecule has 1 aliphatic heterocycles. The molecule has 0 spiro atoms. The number of hydrogen-bond acceptors (Lipinski definition) is 2. The van der Waals surface area contributed by atoms with Crippen LogP contribution in [0.25, 0.3) is 0 Å². The molecule has 0 fully saturated rings. The molecule has 3 rings (SSSR count). The van der Waals surface area contributed by atoms with E-state index in [1.165, 1.54) is 19.8 Å².